The fourth-order valence-electron chi connectivity index (χ4n) is 2.93. The van der Waals surface area contributed by atoms with E-state index in [1.807, 2.05) is 42.5 Å². The summed E-state index contributed by atoms with van der Waals surface area (Å²) < 4.78 is 44.5. The number of alkyl halides is 3. The number of aromatic nitrogens is 2. The highest BCUT2D eigenvalue weighted by molar-refractivity contribution is 7.99. The third kappa shape index (κ3) is 4.83. The molecule has 5 nitrogen and oxygen atoms in total. The Morgan fingerprint density at radius 1 is 1.06 bits per heavy atom. The van der Waals surface area contributed by atoms with Crippen molar-refractivity contribution in [3.8, 4) is 11.5 Å². The van der Waals surface area contributed by atoms with Crippen molar-refractivity contribution in [3.05, 3.63) is 71.2 Å². The number of hydrogen-bond acceptors (Lipinski definition) is 5. The summed E-state index contributed by atoms with van der Waals surface area (Å²) >= 11 is 6.56. The minimum absolute atomic E-state index is 0.00991. The van der Waals surface area contributed by atoms with Gasteiger partial charge in [0.25, 0.3) is 5.22 Å². The molecule has 0 fully saturated rings. The third-order valence-electron chi connectivity index (χ3n) is 4.31. The van der Waals surface area contributed by atoms with Crippen molar-refractivity contribution in [1.82, 2.24) is 10.2 Å². The number of nitrogens with zero attached hydrogens (tertiary/aromatic N) is 2. The summed E-state index contributed by atoms with van der Waals surface area (Å²) in [7, 11) is 0. The first-order valence-corrected chi connectivity index (χ1v) is 10.3. The van der Waals surface area contributed by atoms with Gasteiger partial charge in [-0.25, -0.2) is 0 Å². The van der Waals surface area contributed by atoms with E-state index in [0.29, 0.717) is 5.89 Å². The first-order chi connectivity index (χ1) is 14.8. The van der Waals surface area contributed by atoms with E-state index in [1.54, 1.807) is 0 Å². The van der Waals surface area contributed by atoms with E-state index in [0.717, 1.165) is 40.2 Å². The van der Waals surface area contributed by atoms with Crippen LogP contribution in [0.3, 0.4) is 0 Å². The summed E-state index contributed by atoms with van der Waals surface area (Å²) in [5.41, 5.74) is -0.261. The van der Waals surface area contributed by atoms with Crippen molar-refractivity contribution in [1.29, 1.82) is 0 Å². The number of nitrogens with one attached hydrogen (secondary N) is 1. The molecule has 0 atom stereocenters. The van der Waals surface area contributed by atoms with Gasteiger partial charge in [-0.05, 0) is 35.0 Å². The molecule has 0 unspecified atom stereocenters. The lowest BCUT2D eigenvalue weighted by atomic mass is 10.0. The number of amides is 1. The zero-order valence-corrected chi connectivity index (χ0v) is 17.2. The van der Waals surface area contributed by atoms with Gasteiger partial charge in [-0.1, -0.05) is 59.8 Å². The minimum Gasteiger partial charge on any atom is -0.411 e. The predicted molar refractivity (Wildman–Crippen MR) is 113 cm³/mol. The topological polar surface area (TPSA) is 68.0 Å². The molecule has 1 heterocycles. The summed E-state index contributed by atoms with van der Waals surface area (Å²) in [6, 6.07) is 16.6. The fraction of sp³-hybridized carbons (Fsp3) is 0.0952. The predicted octanol–water partition coefficient (Wildman–Crippen LogP) is 6.29. The number of benzene rings is 3. The molecule has 0 aliphatic heterocycles. The van der Waals surface area contributed by atoms with E-state index in [9.17, 15) is 18.0 Å². The van der Waals surface area contributed by atoms with Crippen molar-refractivity contribution < 1.29 is 22.4 Å². The lowest BCUT2D eigenvalue weighted by molar-refractivity contribution is -0.137. The van der Waals surface area contributed by atoms with E-state index in [4.69, 9.17) is 16.0 Å². The molecule has 0 radical (unpaired) electrons. The van der Waals surface area contributed by atoms with Crippen molar-refractivity contribution >= 4 is 45.7 Å². The summed E-state index contributed by atoms with van der Waals surface area (Å²) in [6.45, 7) is 0. The van der Waals surface area contributed by atoms with Crippen LogP contribution in [0.15, 0.2) is 70.3 Å². The van der Waals surface area contributed by atoms with Gasteiger partial charge in [0.1, 0.15) is 0 Å². The van der Waals surface area contributed by atoms with Crippen LogP contribution < -0.4 is 5.32 Å². The lowest BCUT2D eigenvalue weighted by Crippen LogP contribution is -2.15. The number of rotatable bonds is 5. The van der Waals surface area contributed by atoms with E-state index >= 15 is 0 Å². The molecule has 0 spiro atoms. The lowest BCUT2D eigenvalue weighted by Gasteiger charge is -2.11. The Morgan fingerprint density at radius 3 is 2.65 bits per heavy atom. The molecule has 0 aliphatic carbocycles. The standard InChI is InChI=1S/C21H13ClF3N3O2S/c22-17-9-8-13(10-16(17)21(23,24)25)26-18(29)11-31-20-28-27-19(30-20)15-7-3-5-12-4-1-2-6-14(12)15/h1-10H,11H2,(H,26,29). The molecular weight excluding hydrogens is 451 g/mol. The van der Waals surface area contributed by atoms with Crippen molar-refractivity contribution in [2.75, 3.05) is 11.1 Å². The normalized spacial score (nSPS) is 11.6. The molecule has 0 saturated heterocycles. The van der Waals surface area contributed by atoms with Crippen LogP contribution in [0.1, 0.15) is 5.56 Å². The minimum atomic E-state index is -4.62. The Morgan fingerprint density at radius 2 is 1.84 bits per heavy atom. The molecule has 1 N–H and O–H groups in total. The fourth-order valence-corrected chi connectivity index (χ4v) is 3.72. The number of carbonyl (C=O) groups is 1. The van der Waals surface area contributed by atoms with Gasteiger partial charge in [-0.3, -0.25) is 4.79 Å². The smallest absolute Gasteiger partial charge is 0.411 e. The van der Waals surface area contributed by atoms with E-state index in [2.05, 4.69) is 15.5 Å². The highest BCUT2D eigenvalue weighted by atomic mass is 35.5. The quantitative estimate of drug-likeness (QED) is 0.352. The van der Waals surface area contributed by atoms with Gasteiger partial charge >= 0.3 is 6.18 Å². The highest BCUT2D eigenvalue weighted by Crippen LogP contribution is 2.36. The van der Waals surface area contributed by atoms with E-state index in [1.165, 1.54) is 6.07 Å². The Labute approximate surface area is 183 Å². The van der Waals surface area contributed by atoms with Gasteiger partial charge in [-0.2, -0.15) is 13.2 Å². The molecule has 3 aromatic carbocycles. The number of fused-ring (bicyclic) bond motifs is 1. The number of halogens is 4. The second kappa shape index (κ2) is 8.60. The molecule has 31 heavy (non-hydrogen) atoms. The van der Waals surface area contributed by atoms with Crippen molar-refractivity contribution in [3.63, 3.8) is 0 Å². The van der Waals surface area contributed by atoms with Gasteiger partial charge in [-0.15, -0.1) is 10.2 Å². The summed E-state index contributed by atoms with van der Waals surface area (Å²) in [5.74, 6) is -0.334. The SMILES string of the molecule is O=C(CSc1nnc(-c2cccc3ccccc23)o1)Nc1ccc(Cl)c(C(F)(F)F)c1. The number of thioether (sulfide) groups is 1. The average Bonchev–Trinajstić information content (AvgIpc) is 3.21. The Balaban J connectivity index is 1.43. The number of anilines is 1. The number of hydrogen-bond donors (Lipinski definition) is 1. The molecule has 0 bridgehead atoms. The van der Waals surface area contributed by atoms with Crippen LogP contribution in [0, 0.1) is 0 Å². The van der Waals surface area contributed by atoms with E-state index < -0.39 is 22.7 Å². The van der Waals surface area contributed by atoms with Crippen molar-refractivity contribution in [2.45, 2.75) is 11.4 Å². The molecule has 1 amide bonds. The second-order valence-electron chi connectivity index (χ2n) is 6.43. The van der Waals surface area contributed by atoms with Gasteiger partial charge in [0.15, 0.2) is 0 Å². The zero-order valence-electron chi connectivity index (χ0n) is 15.6. The third-order valence-corrected chi connectivity index (χ3v) is 5.46. The Kier molecular flexibility index (Phi) is 5.88. The van der Waals surface area contributed by atoms with Crippen LogP contribution in [0.4, 0.5) is 18.9 Å². The van der Waals surface area contributed by atoms with Gasteiger partial charge in [0, 0.05) is 11.3 Å². The van der Waals surface area contributed by atoms with Crippen LogP contribution in [-0.4, -0.2) is 21.9 Å². The van der Waals surface area contributed by atoms with Crippen LogP contribution in [0.5, 0.6) is 0 Å². The summed E-state index contributed by atoms with van der Waals surface area (Å²) in [6.07, 6.45) is -4.62. The monoisotopic (exact) mass is 463 g/mol. The Bertz CT molecular complexity index is 1250. The van der Waals surface area contributed by atoms with Crippen LogP contribution in [0.25, 0.3) is 22.2 Å². The second-order valence-corrected chi connectivity index (χ2v) is 7.76. The van der Waals surface area contributed by atoms with Gasteiger partial charge in [0.2, 0.25) is 11.8 Å². The van der Waals surface area contributed by atoms with Gasteiger partial charge < -0.3 is 9.73 Å². The maximum atomic E-state index is 12.9. The van der Waals surface area contributed by atoms with Crippen LogP contribution in [0.2, 0.25) is 5.02 Å². The van der Waals surface area contributed by atoms with Crippen LogP contribution in [-0.2, 0) is 11.0 Å². The molecule has 4 rings (SSSR count). The highest BCUT2D eigenvalue weighted by Gasteiger charge is 2.33. The maximum Gasteiger partial charge on any atom is 0.417 e. The molecule has 4 aromatic rings. The average molecular weight is 464 g/mol. The zero-order chi connectivity index (χ0) is 22.0. The summed E-state index contributed by atoms with van der Waals surface area (Å²) in [5, 5.41) is 12.1. The summed E-state index contributed by atoms with van der Waals surface area (Å²) in [4.78, 5) is 12.1. The number of carbonyl (C=O) groups excluding carboxylic acids is 1. The molecule has 10 heteroatoms. The maximum absolute atomic E-state index is 12.9. The van der Waals surface area contributed by atoms with Crippen molar-refractivity contribution in [2.24, 2.45) is 0 Å². The largest absolute Gasteiger partial charge is 0.417 e. The molecular formula is C21H13ClF3N3O2S. The Hall–Kier alpha value is -3.04. The first-order valence-electron chi connectivity index (χ1n) is 8.92. The van der Waals surface area contributed by atoms with Crippen LogP contribution >= 0.6 is 23.4 Å². The molecule has 0 saturated carbocycles. The van der Waals surface area contributed by atoms with E-state index in [-0.39, 0.29) is 16.7 Å². The first kappa shape index (κ1) is 21.2. The molecule has 0 aliphatic rings. The van der Waals surface area contributed by atoms with Gasteiger partial charge in [0.05, 0.1) is 16.3 Å². The molecule has 1 aromatic heterocycles. The molecule has 158 valence electrons.